The van der Waals surface area contributed by atoms with Gasteiger partial charge < -0.3 is 5.32 Å². The first-order valence-electron chi connectivity index (χ1n) is 4.23. The highest BCUT2D eigenvalue weighted by atomic mass is 35.5. The van der Waals surface area contributed by atoms with Crippen molar-refractivity contribution in [2.45, 2.75) is 26.3 Å². The molecule has 0 atom stereocenters. The van der Waals surface area contributed by atoms with Crippen LogP contribution in [0.2, 0.25) is 4.34 Å². The highest BCUT2D eigenvalue weighted by Gasteiger charge is 2.01. The monoisotopic (exact) mass is 217 g/mol. The number of hydrogen-bond acceptors (Lipinski definition) is 2. The molecular formula is C9H12ClNOS. The van der Waals surface area contributed by atoms with Crippen LogP contribution in [-0.4, -0.2) is 5.91 Å². The van der Waals surface area contributed by atoms with Crippen LogP contribution in [0.5, 0.6) is 0 Å². The van der Waals surface area contributed by atoms with Crippen LogP contribution in [0.25, 0.3) is 0 Å². The number of hydrogen-bond donors (Lipinski definition) is 1. The average molecular weight is 218 g/mol. The zero-order valence-electron chi connectivity index (χ0n) is 7.47. The van der Waals surface area contributed by atoms with Crippen molar-refractivity contribution in [2.75, 3.05) is 0 Å². The number of carbonyl (C=O) groups is 1. The van der Waals surface area contributed by atoms with Crippen LogP contribution in [-0.2, 0) is 11.3 Å². The third kappa shape index (κ3) is 3.79. The van der Waals surface area contributed by atoms with Crippen LogP contribution < -0.4 is 5.32 Å². The Bertz CT molecular complexity index is 285. The molecule has 0 bridgehead atoms. The summed E-state index contributed by atoms with van der Waals surface area (Å²) in [4.78, 5) is 12.2. The van der Waals surface area contributed by atoms with Gasteiger partial charge in [-0.2, -0.15) is 0 Å². The smallest absolute Gasteiger partial charge is 0.220 e. The fourth-order valence-corrected chi connectivity index (χ4v) is 1.98. The molecule has 72 valence electrons. The summed E-state index contributed by atoms with van der Waals surface area (Å²) >= 11 is 7.24. The Balaban J connectivity index is 2.30. The van der Waals surface area contributed by atoms with Crippen LogP contribution in [0, 0.1) is 0 Å². The van der Waals surface area contributed by atoms with Crippen LogP contribution in [0.4, 0.5) is 0 Å². The fraction of sp³-hybridized carbons (Fsp3) is 0.444. The molecule has 0 unspecified atom stereocenters. The van der Waals surface area contributed by atoms with Gasteiger partial charge in [0.2, 0.25) is 5.91 Å². The van der Waals surface area contributed by atoms with Gasteiger partial charge in [0.25, 0.3) is 0 Å². The fourth-order valence-electron chi connectivity index (χ4n) is 0.948. The number of halogens is 1. The zero-order valence-corrected chi connectivity index (χ0v) is 9.04. The van der Waals surface area contributed by atoms with Crippen LogP contribution in [0.15, 0.2) is 12.1 Å². The van der Waals surface area contributed by atoms with E-state index in [4.69, 9.17) is 11.6 Å². The summed E-state index contributed by atoms with van der Waals surface area (Å²) in [6, 6.07) is 3.77. The Labute approximate surface area is 86.9 Å². The molecule has 0 aromatic carbocycles. The van der Waals surface area contributed by atoms with Gasteiger partial charge in [-0.05, 0) is 18.6 Å². The van der Waals surface area contributed by atoms with E-state index in [0.717, 1.165) is 15.6 Å². The van der Waals surface area contributed by atoms with Crippen molar-refractivity contribution in [3.63, 3.8) is 0 Å². The minimum Gasteiger partial charge on any atom is -0.351 e. The Hall–Kier alpha value is -0.540. The summed E-state index contributed by atoms with van der Waals surface area (Å²) < 4.78 is 0.764. The average Bonchev–Trinajstić information content (AvgIpc) is 2.49. The van der Waals surface area contributed by atoms with Gasteiger partial charge in [0.15, 0.2) is 0 Å². The van der Waals surface area contributed by atoms with Crippen molar-refractivity contribution < 1.29 is 4.79 Å². The van der Waals surface area contributed by atoms with Crippen LogP contribution >= 0.6 is 22.9 Å². The molecule has 0 saturated heterocycles. The lowest BCUT2D eigenvalue weighted by Crippen LogP contribution is -2.21. The van der Waals surface area contributed by atoms with E-state index in [1.165, 1.54) is 11.3 Å². The van der Waals surface area contributed by atoms with Gasteiger partial charge in [-0.1, -0.05) is 18.5 Å². The lowest BCUT2D eigenvalue weighted by molar-refractivity contribution is -0.121. The predicted octanol–water partition coefficient (Wildman–Crippen LogP) is 2.82. The van der Waals surface area contributed by atoms with Gasteiger partial charge in [-0.15, -0.1) is 11.3 Å². The number of amides is 1. The second-order valence-corrected chi connectivity index (χ2v) is 4.53. The molecule has 1 aromatic heterocycles. The number of carbonyl (C=O) groups excluding carboxylic acids is 1. The SMILES string of the molecule is CCCC(=O)NCc1ccc(Cl)s1. The van der Waals surface area contributed by atoms with Crippen molar-refractivity contribution in [1.29, 1.82) is 0 Å². The molecule has 4 heteroatoms. The molecule has 1 amide bonds. The van der Waals surface area contributed by atoms with Crippen molar-refractivity contribution >= 4 is 28.8 Å². The van der Waals surface area contributed by atoms with Crippen molar-refractivity contribution in [3.8, 4) is 0 Å². The van der Waals surface area contributed by atoms with Gasteiger partial charge >= 0.3 is 0 Å². The van der Waals surface area contributed by atoms with Crippen LogP contribution in [0.3, 0.4) is 0 Å². The molecule has 2 nitrogen and oxygen atoms in total. The Morgan fingerprint density at radius 1 is 1.62 bits per heavy atom. The van der Waals surface area contributed by atoms with Crippen LogP contribution in [0.1, 0.15) is 24.6 Å². The quantitative estimate of drug-likeness (QED) is 0.826. The maximum absolute atomic E-state index is 11.1. The van der Waals surface area contributed by atoms with E-state index in [1.54, 1.807) is 0 Å². The maximum atomic E-state index is 11.1. The zero-order chi connectivity index (χ0) is 9.68. The van der Waals surface area contributed by atoms with Crippen molar-refractivity contribution in [1.82, 2.24) is 5.32 Å². The standard InChI is InChI=1S/C9H12ClNOS/c1-2-3-9(12)11-6-7-4-5-8(10)13-7/h4-5H,2-3,6H2,1H3,(H,11,12). The minimum absolute atomic E-state index is 0.104. The normalized spacial score (nSPS) is 10.0. The molecule has 1 N–H and O–H groups in total. The minimum atomic E-state index is 0.104. The molecule has 0 aliphatic carbocycles. The van der Waals surface area contributed by atoms with Gasteiger partial charge in [0.1, 0.15) is 0 Å². The van der Waals surface area contributed by atoms with E-state index >= 15 is 0 Å². The van der Waals surface area contributed by atoms with Gasteiger partial charge in [-0.3, -0.25) is 4.79 Å². The summed E-state index contributed by atoms with van der Waals surface area (Å²) in [5.74, 6) is 0.104. The van der Waals surface area contributed by atoms with Gasteiger partial charge in [0, 0.05) is 11.3 Å². The molecule has 0 aliphatic heterocycles. The van der Waals surface area contributed by atoms with Crippen molar-refractivity contribution in [3.05, 3.63) is 21.3 Å². The lowest BCUT2D eigenvalue weighted by atomic mass is 10.3. The molecule has 0 spiro atoms. The largest absolute Gasteiger partial charge is 0.351 e. The van der Waals surface area contributed by atoms with E-state index in [2.05, 4.69) is 5.32 Å². The van der Waals surface area contributed by atoms with E-state index < -0.39 is 0 Å². The Kier molecular flexibility index (Phi) is 4.25. The molecule has 1 rings (SSSR count). The second kappa shape index (κ2) is 5.25. The summed E-state index contributed by atoms with van der Waals surface area (Å²) in [7, 11) is 0. The Morgan fingerprint density at radius 3 is 2.92 bits per heavy atom. The highest BCUT2D eigenvalue weighted by molar-refractivity contribution is 7.16. The first-order valence-corrected chi connectivity index (χ1v) is 5.42. The van der Waals surface area contributed by atoms with E-state index in [0.29, 0.717) is 13.0 Å². The van der Waals surface area contributed by atoms with Gasteiger partial charge in [0.05, 0.1) is 10.9 Å². The maximum Gasteiger partial charge on any atom is 0.220 e. The molecule has 13 heavy (non-hydrogen) atoms. The Morgan fingerprint density at radius 2 is 2.38 bits per heavy atom. The second-order valence-electron chi connectivity index (χ2n) is 2.73. The summed E-state index contributed by atoms with van der Waals surface area (Å²) in [6.45, 7) is 2.58. The number of thiophene rings is 1. The topological polar surface area (TPSA) is 29.1 Å². The molecule has 0 radical (unpaired) electrons. The third-order valence-electron chi connectivity index (χ3n) is 1.57. The van der Waals surface area contributed by atoms with E-state index in [-0.39, 0.29) is 5.91 Å². The molecule has 0 fully saturated rings. The summed E-state index contributed by atoms with van der Waals surface area (Å²) in [6.07, 6.45) is 1.48. The molecule has 1 aromatic rings. The third-order valence-corrected chi connectivity index (χ3v) is 2.80. The van der Waals surface area contributed by atoms with E-state index in [9.17, 15) is 4.79 Å². The highest BCUT2D eigenvalue weighted by Crippen LogP contribution is 2.20. The van der Waals surface area contributed by atoms with Crippen molar-refractivity contribution in [2.24, 2.45) is 0 Å². The lowest BCUT2D eigenvalue weighted by Gasteiger charge is -2.00. The van der Waals surface area contributed by atoms with E-state index in [1.807, 2.05) is 19.1 Å². The molecule has 1 heterocycles. The number of nitrogens with one attached hydrogen (secondary N) is 1. The summed E-state index contributed by atoms with van der Waals surface area (Å²) in [5, 5.41) is 2.83. The first-order chi connectivity index (χ1) is 6.22. The van der Waals surface area contributed by atoms with Gasteiger partial charge in [-0.25, -0.2) is 0 Å². The molecule has 0 aliphatic rings. The first kappa shape index (κ1) is 10.5. The molecular weight excluding hydrogens is 206 g/mol. The predicted molar refractivity (Wildman–Crippen MR) is 56.1 cm³/mol. The number of rotatable bonds is 4. The molecule has 0 saturated carbocycles. The summed E-state index contributed by atoms with van der Waals surface area (Å²) in [5.41, 5.74) is 0.